The van der Waals surface area contributed by atoms with Crippen LogP contribution in [0.3, 0.4) is 0 Å². The molecule has 0 saturated heterocycles. The van der Waals surface area contributed by atoms with Crippen LogP contribution in [0.4, 0.5) is 0 Å². The van der Waals surface area contributed by atoms with E-state index in [1.807, 2.05) is 22.7 Å². The SMILES string of the molecule is c1ccc(-c2ccc(-c3cc4cc5cc(-c6ccc(-c7ccccc7)cc6)sc5cc4s3)cc2)cc1. The van der Waals surface area contributed by atoms with Crippen LogP contribution in [0.5, 0.6) is 0 Å². The van der Waals surface area contributed by atoms with Crippen LogP contribution in [0.25, 0.3) is 63.3 Å². The highest BCUT2D eigenvalue weighted by atomic mass is 32.1. The number of hydrogen-bond donors (Lipinski definition) is 0. The third-order valence-electron chi connectivity index (χ3n) is 6.71. The van der Waals surface area contributed by atoms with Crippen molar-refractivity contribution < 1.29 is 0 Å². The second kappa shape index (κ2) is 8.91. The summed E-state index contributed by atoms with van der Waals surface area (Å²) in [7, 11) is 0. The molecule has 0 spiro atoms. The quantitative estimate of drug-likeness (QED) is 0.228. The van der Waals surface area contributed by atoms with Gasteiger partial charge < -0.3 is 0 Å². The fourth-order valence-corrected chi connectivity index (χ4v) is 7.03. The van der Waals surface area contributed by atoms with Crippen molar-refractivity contribution in [2.45, 2.75) is 0 Å². The van der Waals surface area contributed by atoms with E-state index >= 15 is 0 Å². The molecule has 0 unspecified atom stereocenters. The number of hydrogen-bond acceptors (Lipinski definition) is 2. The summed E-state index contributed by atoms with van der Waals surface area (Å²) >= 11 is 3.76. The molecule has 2 heteroatoms. The van der Waals surface area contributed by atoms with E-state index in [0.29, 0.717) is 0 Å². The first kappa shape index (κ1) is 21.3. The van der Waals surface area contributed by atoms with Crippen molar-refractivity contribution in [3.63, 3.8) is 0 Å². The number of fused-ring (bicyclic) bond motifs is 2. The Kier molecular flexibility index (Phi) is 5.27. The summed E-state index contributed by atoms with van der Waals surface area (Å²) in [4.78, 5) is 2.64. The lowest BCUT2D eigenvalue weighted by Gasteiger charge is -2.03. The van der Waals surface area contributed by atoms with Gasteiger partial charge >= 0.3 is 0 Å². The van der Waals surface area contributed by atoms with Gasteiger partial charge in [-0.15, -0.1) is 22.7 Å². The maximum Gasteiger partial charge on any atom is 0.0363 e. The predicted molar refractivity (Wildman–Crippen MR) is 159 cm³/mol. The molecular formula is C34H22S2. The van der Waals surface area contributed by atoms with Gasteiger partial charge in [-0.1, -0.05) is 109 Å². The van der Waals surface area contributed by atoms with E-state index in [1.165, 1.54) is 63.3 Å². The van der Waals surface area contributed by atoms with Crippen LogP contribution in [-0.2, 0) is 0 Å². The van der Waals surface area contributed by atoms with Gasteiger partial charge in [0.05, 0.1) is 0 Å². The molecule has 2 aromatic heterocycles. The Balaban J connectivity index is 1.19. The zero-order chi connectivity index (χ0) is 23.9. The maximum atomic E-state index is 2.36. The summed E-state index contributed by atoms with van der Waals surface area (Å²) in [5, 5.41) is 2.64. The summed E-state index contributed by atoms with van der Waals surface area (Å²) in [6.07, 6.45) is 0. The lowest BCUT2D eigenvalue weighted by molar-refractivity contribution is 1.62. The molecule has 0 aliphatic rings. The molecule has 0 nitrogen and oxygen atoms in total. The van der Waals surface area contributed by atoms with Gasteiger partial charge in [-0.25, -0.2) is 0 Å². The molecule has 0 amide bonds. The Morgan fingerprint density at radius 1 is 0.306 bits per heavy atom. The highest BCUT2D eigenvalue weighted by Gasteiger charge is 2.10. The summed E-state index contributed by atoms with van der Waals surface area (Å²) in [6.45, 7) is 0. The van der Waals surface area contributed by atoms with E-state index in [1.54, 1.807) is 0 Å². The lowest BCUT2D eigenvalue weighted by atomic mass is 10.0. The van der Waals surface area contributed by atoms with Crippen molar-refractivity contribution >= 4 is 42.8 Å². The van der Waals surface area contributed by atoms with Gasteiger partial charge in [0.2, 0.25) is 0 Å². The van der Waals surface area contributed by atoms with Gasteiger partial charge in [0, 0.05) is 19.2 Å². The standard InChI is InChI=1S/C34H22S2/c1-3-7-23(8-4-1)25-11-15-27(16-12-25)31-20-29-19-30-21-32(36-34(30)22-33(29)35-31)28-17-13-26(14-18-28)24-9-5-2-6-10-24/h1-22H. The third-order valence-corrected chi connectivity index (χ3v) is 9.00. The highest BCUT2D eigenvalue weighted by molar-refractivity contribution is 7.24. The lowest BCUT2D eigenvalue weighted by Crippen LogP contribution is -1.77. The normalized spacial score (nSPS) is 11.3. The second-order valence-corrected chi connectivity index (χ2v) is 11.2. The molecule has 0 atom stereocenters. The number of thiophene rings is 2. The van der Waals surface area contributed by atoms with Crippen LogP contribution in [-0.4, -0.2) is 0 Å². The van der Waals surface area contributed by atoms with Crippen molar-refractivity contribution in [1.82, 2.24) is 0 Å². The summed E-state index contributed by atoms with van der Waals surface area (Å²) in [5.41, 5.74) is 7.57. The minimum absolute atomic E-state index is 1.25. The molecule has 0 bridgehead atoms. The monoisotopic (exact) mass is 494 g/mol. The largest absolute Gasteiger partial charge is 0.135 e. The van der Waals surface area contributed by atoms with Crippen LogP contribution < -0.4 is 0 Å². The third kappa shape index (κ3) is 3.95. The van der Waals surface area contributed by atoms with Gasteiger partial charge in [0.1, 0.15) is 0 Å². The zero-order valence-corrected chi connectivity index (χ0v) is 21.2. The van der Waals surface area contributed by atoms with Crippen LogP contribution >= 0.6 is 22.7 Å². The van der Waals surface area contributed by atoms with Gasteiger partial charge in [-0.2, -0.15) is 0 Å². The van der Waals surface area contributed by atoms with E-state index in [4.69, 9.17) is 0 Å². The summed E-state index contributed by atoms with van der Waals surface area (Å²) < 4.78 is 2.69. The average molecular weight is 495 g/mol. The van der Waals surface area contributed by atoms with E-state index in [-0.39, 0.29) is 0 Å². The zero-order valence-electron chi connectivity index (χ0n) is 19.5. The van der Waals surface area contributed by atoms with E-state index < -0.39 is 0 Å². The summed E-state index contributed by atoms with van der Waals surface area (Å²) in [6, 6.07) is 48.4. The second-order valence-electron chi connectivity index (χ2n) is 9.04. The van der Waals surface area contributed by atoms with Crippen molar-refractivity contribution in [1.29, 1.82) is 0 Å². The topological polar surface area (TPSA) is 0 Å². The van der Waals surface area contributed by atoms with Crippen LogP contribution in [0.2, 0.25) is 0 Å². The van der Waals surface area contributed by atoms with Crippen molar-refractivity contribution in [2.24, 2.45) is 0 Å². The van der Waals surface area contributed by atoms with E-state index in [0.717, 1.165) is 0 Å². The maximum absolute atomic E-state index is 2.36. The molecule has 5 aromatic carbocycles. The molecular weight excluding hydrogens is 473 g/mol. The molecule has 0 radical (unpaired) electrons. The van der Waals surface area contributed by atoms with Crippen molar-refractivity contribution in [3.05, 3.63) is 133 Å². The minimum atomic E-state index is 1.25. The van der Waals surface area contributed by atoms with Crippen molar-refractivity contribution in [2.75, 3.05) is 0 Å². The van der Waals surface area contributed by atoms with Crippen LogP contribution in [0.1, 0.15) is 0 Å². The van der Waals surface area contributed by atoms with E-state index in [9.17, 15) is 0 Å². The molecule has 0 aliphatic heterocycles. The first-order chi connectivity index (χ1) is 17.8. The van der Waals surface area contributed by atoms with Crippen molar-refractivity contribution in [3.8, 4) is 43.1 Å². The Hall–Kier alpha value is -3.98. The number of rotatable bonds is 4. The van der Waals surface area contributed by atoms with Gasteiger partial charge in [0.25, 0.3) is 0 Å². The molecule has 36 heavy (non-hydrogen) atoms. The fourth-order valence-electron chi connectivity index (χ4n) is 4.78. The Labute approximate surface area is 218 Å². The van der Waals surface area contributed by atoms with Crippen LogP contribution in [0, 0.1) is 0 Å². The average Bonchev–Trinajstić information content (AvgIpc) is 3.56. The Bertz CT molecular complexity index is 1600. The number of benzene rings is 5. The molecule has 0 aliphatic carbocycles. The highest BCUT2D eigenvalue weighted by Crippen LogP contribution is 2.41. The molecule has 170 valence electrons. The molecule has 2 heterocycles. The van der Waals surface area contributed by atoms with Gasteiger partial charge in [0.15, 0.2) is 0 Å². The van der Waals surface area contributed by atoms with Gasteiger partial charge in [-0.3, -0.25) is 0 Å². The smallest absolute Gasteiger partial charge is 0.0363 e. The molecule has 0 fully saturated rings. The molecule has 0 N–H and O–H groups in total. The first-order valence-electron chi connectivity index (χ1n) is 12.1. The van der Waals surface area contributed by atoms with Crippen LogP contribution in [0.15, 0.2) is 133 Å². The summed E-state index contributed by atoms with van der Waals surface area (Å²) in [5.74, 6) is 0. The van der Waals surface area contributed by atoms with Gasteiger partial charge in [-0.05, 0) is 68.4 Å². The first-order valence-corrected chi connectivity index (χ1v) is 13.7. The molecule has 0 saturated carbocycles. The fraction of sp³-hybridized carbons (Fsp3) is 0. The Morgan fingerprint density at radius 2 is 0.667 bits per heavy atom. The minimum Gasteiger partial charge on any atom is -0.135 e. The van der Waals surface area contributed by atoms with E-state index in [2.05, 4.69) is 133 Å². The predicted octanol–water partition coefficient (Wildman–Crippen LogP) is 10.8. The molecule has 7 aromatic rings. The Morgan fingerprint density at radius 3 is 1.08 bits per heavy atom. The molecule has 7 rings (SSSR count).